The molecule has 0 unspecified atom stereocenters. The van der Waals surface area contributed by atoms with Crippen molar-refractivity contribution in [3.63, 3.8) is 0 Å². The van der Waals surface area contributed by atoms with Gasteiger partial charge in [0.25, 0.3) is 5.69 Å². The van der Waals surface area contributed by atoms with Gasteiger partial charge in [-0.2, -0.15) is 0 Å². The summed E-state index contributed by atoms with van der Waals surface area (Å²) in [5.41, 5.74) is 0.890. The molecule has 2 aromatic carbocycles. The zero-order valence-corrected chi connectivity index (χ0v) is 17.1. The number of nitro groups is 1. The summed E-state index contributed by atoms with van der Waals surface area (Å²) >= 11 is 0. The van der Waals surface area contributed by atoms with Gasteiger partial charge >= 0.3 is 0 Å². The zero-order chi connectivity index (χ0) is 22.4. The number of hydrogen-bond donors (Lipinski definition) is 1. The number of anilines is 1. The number of likely N-dealkylation sites (tertiary alicyclic amines) is 1. The first-order chi connectivity index (χ1) is 15.4. The average molecular weight is 431 g/mol. The van der Waals surface area contributed by atoms with Crippen LogP contribution < -0.4 is 5.32 Å². The van der Waals surface area contributed by atoms with Crippen molar-refractivity contribution in [2.45, 2.75) is 18.9 Å². The maximum atomic E-state index is 13.3. The summed E-state index contributed by atoms with van der Waals surface area (Å²) in [6, 6.07) is 13.7. The molecule has 2 fully saturated rings. The minimum atomic E-state index is -1.04. The van der Waals surface area contributed by atoms with E-state index in [2.05, 4.69) is 5.32 Å². The molecule has 32 heavy (non-hydrogen) atoms. The average Bonchev–Trinajstić information content (AvgIpc) is 3.47. The standard InChI is InChI=1S/C24H21N3O5/c28-22(25-17-7-4-8-18(13-17)27(31)32)19(11-14-5-2-1-3-6-14)26-23(29)20-15-9-10-16(12-15)21(20)24(26)30/h1-10,13,15-16,19-21H,11-12H2,(H,25,28)/t15-,16-,19-,20+,21+/m0/s1. The Balaban J connectivity index is 1.45. The molecule has 1 heterocycles. The van der Waals surface area contributed by atoms with Crippen LogP contribution >= 0.6 is 0 Å². The highest BCUT2D eigenvalue weighted by atomic mass is 16.6. The number of carbonyl (C=O) groups excluding carboxylic acids is 3. The highest BCUT2D eigenvalue weighted by Gasteiger charge is 2.61. The molecule has 0 spiro atoms. The highest BCUT2D eigenvalue weighted by molar-refractivity contribution is 6.11. The Morgan fingerprint density at radius 2 is 1.69 bits per heavy atom. The lowest BCUT2D eigenvalue weighted by Crippen LogP contribution is -2.49. The first-order valence-corrected chi connectivity index (χ1v) is 10.6. The van der Waals surface area contributed by atoms with E-state index in [1.807, 2.05) is 42.5 Å². The molecule has 0 radical (unpaired) electrons. The Morgan fingerprint density at radius 3 is 2.31 bits per heavy atom. The van der Waals surface area contributed by atoms with Crippen molar-refractivity contribution in [2.24, 2.45) is 23.7 Å². The molecule has 2 bridgehead atoms. The fourth-order valence-corrected chi connectivity index (χ4v) is 5.29. The van der Waals surface area contributed by atoms with Crippen molar-refractivity contribution in [2.75, 3.05) is 5.32 Å². The number of nitrogens with one attached hydrogen (secondary N) is 1. The minimum Gasteiger partial charge on any atom is -0.324 e. The highest BCUT2D eigenvalue weighted by Crippen LogP contribution is 2.53. The molecule has 0 aromatic heterocycles. The number of nitro benzene ring substituents is 1. The van der Waals surface area contributed by atoms with Crippen molar-refractivity contribution in [3.05, 3.63) is 82.4 Å². The van der Waals surface area contributed by atoms with Gasteiger partial charge in [-0.1, -0.05) is 48.6 Å². The van der Waals surface area contributed by atoms with Crippen molar-refractivity contribution in [3.8, 4) is 0 Å². The van der Waals surface area contributed by atoms with Crippen LogP contribution in [0.25, 0.3) is 0 Å². The van der Waals surface area contributed by atoms with Gasteiger partial charge in [-0.25, -0.2) is 0 Å². The van der Waals surface area contributed by atoms with Crippen LogP contribution in [0.5, 0.6) is 0 Å². The van der Waals surface area contributed by atoms with Gasteiger partial charge in [0.15, 0.2) is 0 Å². The molecule has 8 heteroatoms. The Morgan fingerprint density at radius 1 is 1.03 bits per heavy atom. The number of amides is 3. The summed E-state index contributed by atoms with van der Waals surface area (Å²) in [4.78, 5) is 51.6. The predicted octanol–water partition coefficient (Wildman–Crippen LogP) is 2.95. The fraction of sp³-hybridized carbons (Fsp3) is 0.292. The molecule has 5 rings (SSSR count). The van der Waals surface area contributed by atoms with Crippen molar-refractivity contribution in [1.82, 2.24) is 4.90 Å². The zero-order valence-electron chi connectivity index (χ0n) is 17.1. The molecule has 3 aliphatic rings. The maximum absolute atomic E-state index is 13.3. The lowest BCUT2D eigenvalue weighted by molar-refractivity contribution is -0.384. The third kappa shape index (κ3) is 3.28. The second kappa shape index (κ2) is 7.71. The van der Waals surface area contributed by atoms with Gasteiger partial charge in [0.1, 0.15) is 6.04 Å². The van der Waals surface area contributed by atoms with Crippen LogP contribution in [0.4, 0.5) is 11.4 Å². The molecule has 3 amide bonds. The van der Waals surface area contributed by atoms with E-state index in [0.717, 1.165) is 16.9 Å². The van der Waals surface area contributed by atoms with Gasteiger partial charge in [0.05, 0.1) is 16.8 Å². The van der Waals surface area contributed by atoms with E-state index in [-0.39, 0.29) is 41.4 Å². The van der Waals surface area contributed by atoms with Gasteiger partial charge in [-0.05, 0) is 29.9 Å². The van der Waals surface area contributed by atoms with Gasteiger partial charge in [0, 0.05) is 24.2 Å². The minimum absolute atomic E-state index is 0.0451. The number of imide groups is 1. The number of benzene rings is 2. The van der Waals surface area contributed by atoms with Crippen LogP contribution in [-0.4, -0.2) is 33.6 Å². The molecule has 1 saturated carbocycles. The third-order valence-electron chi connectivity index (χ3n) is 6.72. The molecule has 1 saturated heterocycles. The van der Waals surface area contributed by atoms with Crippen molar-refractivity contribution < 1.29 is 19.3 Å². The molecular weight excluding hydrogens is 410 g/mol. The lowest BCUT2D eigenvalue weighted by atomic mass is 9.85. The van der Waals surface area contributed by atoms with Crippen molar-refractivity contribution in [1.29, 1.82) is 0 Å². The monoisotopic (exact) mass is 431 g/mol. The van der Waals surface area contributed by atoms with E-state index >= 15 is 0 Å². The van der Waals surface area contributed by atoms with Crippen LogP contribution in [0.3, 0.4) is 0 Å². The Kier molecular flexibility index (Phi) is 4.84. The van der Waals surface area contributed by atoms with E-state index in [9.17, 15) is 24.5 Å². The predicted molar refractivity (Wildman–Crippen MR) is 115 cm³/mol. The summed E-state index contributed by atoms with van der Waals surface area (Å²) < 4.78 is 0. The van der Waals surface area contributed by atoms with E-state index in [1.54, 1.807) is 0 Å². The first-order valence-electron chi connectivity index (χ1n) is 10.6. The van der Waals surface area contributed by atoms with Gasteiger partial charge < -0.3 is 5.32 Å². The Labute approximate surface area is 184 Å². The molecule has 162 valence electrons. The number of allylic oxidation sites excluding steroid dienone is 2. The fourth-order valence-electron chi connectivity index (χ4n) is 5.29. The van der Waals surface area contributed by atoms with Crippen LogP contribution in [0, 0.1) is 33.8 Å². The van der Waals surface area contributed by atoms with E-state index in [4.69, 9.17) is 0 Å². The smallest absolute Gasteiger partial charge is 0.271 e. The summed E-state index contributed by atoms with van der Waals surface area (Å²) in [5.74, 6) is -1.86. The molecule has 1 aliphatic heterocycles. The van der Waals surface area contributed by atoms with E-state index < -0.39 is 28.7 Å². The summed E-state index contributed by atoms with van der Waals surface area (Å²) in [5, 5.41) is 13.8. The largest absolute Gasteiger partial charge is 0.324 e. The topological polar surface area (TPSA) is 110 Å². The normalized spacial score (nSPS) is 26.3. The molecular formula is C24H21N3O5. The lowest BCUT2D eigenvalue weighted by Gasteiger charge is -2.27. The number of hydrogen-bond acceptors (Lipinski definition) is 5. The number of non-ortho nitro benzene ring substituents is 1. The van der Waals surface area contributed by atoms with Crippen LogP contribution in [0.1, 0.15) is 12.0 Å². The number of carbonyl (C=O) groups is 3. The second-order valence-electron chi connectivity index (χ2n) is 8.55. The van der Waals surface area contributed by atoms with E-state index in [1.165, 1.54) is 24.3 Å². The van der Waals surface area contributed by atoms with Gasteiger partial charge in [0.2, 0.25) is 17.7 Å². The van der Waals surface area contributed by atoms with Gasteiger partial charge in [-0.3, -0.25) is 29.4 Å². The van der Waals surface area contributed by atoms with Crippen LogP contribution in [0.2, 0.25) is 0 Å². The second-order valence-corrected chi connectivity index (χ2v) is 8.55. The van der Waals surface area contributed by atoms with Crippen molar-refractivity contribution >= 4 is 29.1 Å². The number of nitrogens with zero attached hydrogens (tertiary/aromatic N) is 2. The van der Waals surface area contributed by atoms with Gasteiger partial charge in [-0.15, -0.1) is 0 Å². The summed E-state index contributed by atoms with van der Waals surface area (Å²) in [6.07, 6.45) is 5.00. The Bertz CT molecular complexity index is 1120. The molecule has 5 atom stereocenters. The Hall–Kier alpha value is -3.81. The van der Waals surface area contributed by atoms with Crippen LogP contribution in [0.15, 0.2) is 66.7 Å². The number of fused-ring (bicyclic) bond motifs is 5. The SMILES string of the molecule is O=C(Nc1cccc([N+](=O)[O-])c1)[C@H](Cc1ccccc1)N1C(=O)[C@H]2[C@H](C1=O)[C@H]1C=C[C@H]2C1. The molecule has 8 nitrogen and oxygen atoms in total. The molecule has 2 aliphatic carbocycles. The maximum Gasteiger partial charge on any atom is 0.271 e. The molecule has 1 N–H and O–H groups in total. The third-order valence-corrected chi connectivity index (χ3v) is 6.72. The number of rotatable bonds is 6. The van der Waals surface area contributed by atoms with Crippen LogP contribution in [-0.2, 0) is 20.8 Å². The van der Waals surface area contributed by atoms with E-state index in [0.29, 0.717) is 0 Å². The summed E-state index contributed by atoms with van der Waals surface area (Å²) in [6.45, 7) is 0. The molecule has 2 aromatic rings. The quantitative estimate of drug-likeness (QED) is 0.327. The first kappa shape index (κ1) is 20.1. The summed E-state index contributed by atoms with van der Waals surface area (Å²) in [7, 11) is 0.